The Morgan fingerprint density at radius 2 is 2.07 bits per heavy atom. The molecule has 0 aliphatic carbocycles. The molecule has 2 aromatic heterocycles. The fraction of sp³-hybridized carbons (Fsp3) is 0.190. The van der Waals surface area contributed by atoms with Crippen molar-refractivity contribution in [2.45, 2.75) is 19.9 Å². The topological polar surface area (TPSA) is 51.0 Å². The van der Waals surface area contributed by atoms with Gasteiger partial charge in [0, 0.05) is 30.5 Å². The van der Waals surface area contributed by atoms with E-state index in [0.29, 0.717) is 29.7 Å². The summed E-state index contributed by atoms with van der Waals surface area (Å²) < 4.78 is 16.4. The largest absolute Gasteiger partial charge is 0.337 e. The average Bonchev–Trinajstić information content (AvgIpc) is 3.38. The van der Waals surface area contributed by atoms with E-state index >= 15 is 0 Å². The van der Waals surface area contributed by atoms with Gasteiger partial charge in [0.05, 0.1) is 27.1 Å². The molecule has 0 unspecified atom stereocenters. The van der Waals surface area contributed by atoms with Crippen LogP contribution in [-0.4, -0.2) is 27.0 Å². The standard InChI is InChI=1S/C21H17Cl2FN4OS/c1-13-16(22)5-6-18-19(13)26-21(30-18)28(9-2-8-27-10-7-25-12-27)20(29)15-4-3-14(24)11-17(15)23/h3-7,10-12H,2,8-9H2,1H3. The highest BCUT2D eigenvalue weighted by Crippen LogP contribution is 2.34. The maximum absolute atomic E-state index is 13.5. The molecule has 30 heavy (non-hydrogen) atoms. The van der Waals surface area contributed by atoms with Gasteiger partial charge in [-0.2, -0.15) is 0 Å². The number of benzene rings is 2. The fourth-order valence-corrected chi connectivity index (χ4v) is 4.58. The lowest BCUT2D eigenvalue weighted by molar-refractivity contribution is 0.0986. The molecule has 0 saturated carbocycles. The number of anilines is 1. The molecule has 0 N–H and O–H groups in total. The van der Waals surface area contributed by atoms with Crippen LogP contribution in [0.3, 0.4) is 0 Å². The number of thiazole rings is 1. The second-order valence-electron chi connectivity index (χ2n) is 6.75. The van der Waals surface area contributed by atoms with Crippen molar-refractivity contribution in [3.05, 3.63) is 76.0 Å². The van der Waals surface area contributed by atoms with Crippen molar-refractivity contribution in [2.24, 2.45) is 0 Å². The molecule has 1 amide bonds. The maximum atomic E-state index is 13.5. The zero-order chi connectivity index (χ0) is 21.3. The molecule has 0 spiro atoms. The van der Waals surface area contributed by atoms with Crippen LogP contribution in [0, 0.1) is 12.7 Å². The molecule has 0 atom stereocenters. The van der Waals surface area contributed by atoms with E-state index in [4.69, 9.17) is 23.2 Å². The number of aryl methyl sites for hydroxylation is 2. The molecular weight excluding hydrogens is 446 g/mol. The SMILES string of the molecule is Cc1c(Cl)ccc2sc(N(CCCn3ccnc3)C(=O)c3ccc(F)cc3Cl)nc12. The molecule has 4 aromatic rings. The molecule has 0 bridgehead atoms. The first-order chi connectivity index (χ1) is 14.4. The summed E-state index contributed by atoms with van der Waals surface area (Å²) in [4.78, 5) is 23.7. The van der Waals surface area contributed by atoms with E-state index in [1.807, 2.05) is 29.8 Å². The number of halogens is 3. The van der Waals surface area contributed by atoms with Gasteiger partial charge in [-0.25, -0.2) is 14.4 Å². The number of aromatic nitrogens is 3. The second kappa shape index (κ2) is 8.71. The van der Waals surface area contributed by atoms with Gasteiger partial charge < -0.3 is 4.57 Å². The summed E-state index contributed by atoms with van der Waals surface area (Å²) in [5, 5.41) is 1.24. The van der Waals surface area contributed by atoms with Crippen LogP contribution in [0.5, 0.6) is 0 Å². The van der Waals surface area contributed by atoms with E-state index in [0.717, 1.165) is 21.8 Å². The third-order valence-corrected chi connectivity index (χ3v) is 6.50. The average molecular weight is 463 g/mol. The Labute approximate surface area is 186 Å². The number of imidazole rings is 1. The quantitative estimate of drug-likeness (QED) is 0.353. The van der Waals surface area contributed by atoms with Crippen LogP contribution in [0.1, 0.15) is 22.3 Å². The normalized spacial score (nSPS) is 11.2. The van der Waals surface area contributed by atoms with E-state index < -0.39 is 5.82 Å². The predicted octanol–water partition coefficient (Wildman–Crippen LogP) is 5.98. The lowest BCUT2D eigenvalue weighted by atomic mass is 10.2. The molecule has 154 valence electrons. The van der Waals surface area contributed by atoms with E-state index in [9.17, 15) is 9.18 Å². The molecule has 0 aliphatic heterocycles. The number of nitrogens with zero attached hydrogens (tertiary/aromatic N) is 4. The van der Waals surface area contributed by atoms with Crippen molar-refractivity contribution < 1.29 is 9.18 Å². The first kappa shape index (κ1) is 20.8. The molecule has 0 saturated heterocycles. The van der Waals surface area contributed by atoms with Crippen molar-refractivity contribution in [3.63, 3.8) is 0 Å². The summed E-state index contributed by atoms with van der Waals surface area (Å²) in [6.45, 7) is 3.00. The summed E-state index contributed by atoms with van der Waals surface area (Å²) >= 11 is 13.8. The van der Waals surface area contributed by atoms with Gasteiger partial charge >= 0.3 is 0 Å². The molecule has 2 heterocycles. The fourth-order valence-electron chi connectivity index (χ4n) is 3.13. The third-order valence-electron chi connectivity index (χ3n) is 4.73. The van der Waals surface area contributed by atoms with Crippen molar-refractivity contribution in [2.75, 3.05) is 11.4 Å². The lowest BCUT2D eigenvalue weighted by Gasteiger charge is -2.20. The number of carbonyl (C=O) groups excluding carboxylic acids is 1. The van der Waals surface area contributed by atoms with Crippen LogP contribution in [0.15, 0.2) is 49.1 Å². The number of amides is 1. The summed E-state index contributed by atoms with van der Waals surface area (Å²) in [6, 6.07) is 7.48. The Bertz CT molecular complexity index is 1210. The van der Waals surface area contributed by atoms with Crippen molar-refractivity contribution in [3.8, 4) is 0 Å². The van der Waals surface area contributed by atoms with E-state index in [1.165, 1.54) is 23.5 Å². The van der Waals surface area contributed by atoms with Crippen LogP contribution < -0.4 is 4.90 Å². The molecule has 4 rings (SSSR count). The lowest BCUT2D eigenvalue weighted by Crippen LogP contribution is -2.32. The van der Waals surface area contributed by atoms with Crippen LogP contribution in [0.25, 0.3) is 10.2 Å². The molecular formula is C21H17Cl2FN4OS. The Balaban J connectivity index is 1.69. The molecule has 0 aliphatic rings. The Kier molecular flexibility index (Phi) is 6.04. The highest BCUT2D eigenvalue weighted by atomic mass is 35.5. The van der Waals surface area contributed by atoms with E-state index in [1.54, 1.807) is 17.4 Å². The highest BCUT2D eigenvalue weighted by molar-refractivity contribution is 7.22. The molecule has 0 radical (unpaired) electrons. The number of hydrogen-bond acceptors (Lipinski definition) is 4. The van der Waals surface area contributed by atoms with Crippen molar-refractivity contribution in [1.82, 2.24) is 14.5 Å². The third kappa shape index (κ3) is 4.19. The Hall–Kier alpha value is -2.48. The van der Waals surface area contributed by atoms with Gasteiger partial charge in [0.2, 0.25) is 0 Å². The number of fused-ring (bicyclic) bond motifs is 1. The van der Waals surface area contributed by atoms with Gasteiger partial charge in [-0.15, -0.1) is 0 Å². The van der Waals surface area contributed by atoms with Crippen LogP contribution >= 0.6 is 34.5 Å². The van der Waals surface area contributed by atoms with E-state index in [2.05, 4.69) is 9.97 Å². The zero-order valence-corrected chi connectivity index (χ0v) is 18.3. The molecule has 2 aromatic carbocycles. The summed E-state index contributed by atoms with van der Waals surface area (Å²) in [5.41, 5.74) is 1.86. The summed E-state index contributed by atoms with van der Waals surface area (Å²) in [5.74, 6) is -0.818. The second-order valence-corrected chi connectivity index (χ2v) is 8.57. The minimum absolute atomic E-state index is 0.0694. The Morgan fingerprint density at radius 3 is 2.80 bits per heavy atom. The summed E-state index contributed by atoms with van der Waals surface area (Å²) in [6.07, 6.45) is 5.98. The predicted molar refractivity (Wildman–Crippen MR) is 119 cm³/mol. The van der Waals surface area contributed by atoms with Gasteiger partial charge in [0.25, 0.3) is 5.91 Å². The first-order valence-electron chi connectivity index (χ1n) is 9.22. The summed E-state index contributed by atoms with van der Waals surface area (Å²) in [7, 11) is 0. The first-order valence-corrected chi connectivity index (χ1v) is 10.8. The van der Waals surface area contributed by atoms with Gasteiger partial charge in [0.15, 0.2) is 5.13 Å². The van der Waals surface area contributed by atoms with Gasteiger partial charge in [-0.05, 0) is 49.2 Å². The molecule has 9 heteroatoms. The van der Waals surface area contributed by atoms with Gasteiger partial charge in [0.1, 0.15) is 5.82 Å². The minimum Gasteiger partial charge on any atom is -0.337 e. The van der Waals surface area contributed by atoms with Crippen LogP contribution in [0.2, 0.25) is 10.0 Å². The maximum Gasteiger partial charge on any atom is 0.261 e. The molecule has 0 fully saturated rings. The van der Waals surface area contributed by atoms with E-state index in [-0.39, 0.29) is 16.5 Å². The zero-order valence-electron chi connectivity index (χ0n) is 16.0. The van der Waals surface area contributed by atoms with Crippen molar-refractivity contribution >= 4 is 55.8 Å². The van der Waals surface area contributed by atoms with Gasteiger partial charge in [-0.3, -0.25) is 9.69 Å². The molecule has 5 nitrogen and oxygen atoms in total. The van der Waals surface area contributed by atoms with Crippen molar-refractivity contribution in [1.29, 1.82) is 0 Å². The number of hydrogen-bond donors (Lipinski definition) is 0. The highest BCUT2D eigenvalue weighted by Gasteiger charge is 2.24. The monoisotopic (exact) mass is 462 g/mol. The van der Waals surface area contributed by atoms with Gasteiger partial charge in [-0.1, -0.05) is 34.5 Å². The minimum atomic E-state index is -0.492. The number of rotatable bonds is 6. The Morgan fingerprint density at radius 1 is 1.23 bits per heavy atom. The van der Waals surface area contributed by atoms with Crippen LogP contribution in [0.4, 0.5) is 9.52 Å². The number of carbonyl (C=O) groups is 1. The smallest absolute Gasteiger partial charge is 0.261 e. The van der Waals surface area contributed by atoms with Crippen LogP contribution in [-0.2, 0) is 6.54 Å².